The van der Waals surface area contributed by atoms with E-state index in [4.69, 9.17) is 10.7 Å². The first-order chi connectivity index (χ1) is 20.1. The Morgan fingerprint density at radius 1 is 1.02 bits per heavy atom. The van der Waals surface area contributed by atoms with Crippen molar-refractivity contribution in [3.63, 3.8) is 0 Å². The molecule has 0 spiro atoms. The van der Waals surface area contributed by atoms with Crippen LogP contribution in [0.25, 0.3) is 22.1 Å². The van der Waals surface area contributed by atoms with Crippen LogP contribution in [-0.4, -0.2) is 71.0 Å². The summed E-state index contributed by atoms with van der Waals surface area (Å²) in [5, 5.41) is 23.0. The Morgan fingerprint density at radius 2 is 1.83 bits per heavy atom. The smallest absolute Gasteiger partial charge is 0.145 e. The van der Waals surface area contributed by atoms with Gasteiger partial charge in [-0.15, -0.1) is 0 Å². The first-order valence-corrected chi connectivity index (χ1v) is 15.8. The molecule has 3 aromatic heterocycles. The van der Waals surface area contributed by atoms with E-state index in [-0.39, 0.29) is 17.4 Å². The van der Waals surface area contributed by atoms with Crippen molar-refractivity contribution in [2.45, 2.75) is 95.4 Å². The lowest BCUT2D eigenvalue weighted by atomic mass is 9.76. The summed E-state index contributed by atoms with van der Waals surface area (Å²) in [4.78, 5) is 19.6. The van der Waals surface area contributed by atoms with Crippen molar-refractivity contribution in [2.24, 2.45) is 17.8 Å². The average Bonchev–Trinajstić information content (AvgIpc) is 3.37. The summed E-state index contributed by atoms with van der Waals surface area (Å²) < 4.78 is 1.98. The number of H-pyrrole nitrogens is 1. The van der Waals surface area contributed by atoms with E-state index >= 15 is 0 Å². The molecule has 3 heterocycles. The molecule has 3 saturated carbocycles. The molecule has 5 N–H and O–H groups in total. The molecule has 1 aromatic carbocycles. The second kappa shape index (κ2) is 10.6. The normalized spacial score (nSPS) is 28.2. The Hall–Kier alpha value is -3.01. The summed E-state index contributed by atoms with van der Waals surface area (Å²) in [7, 11) is 0. The highest BCUT2D eigenvalue weighted by atomic mass is 16.3. The van der Waals surface area contributed by atoms with Crippen LogP contribution in [-0.2, 0) is 11.8 Å². The number of fused-ring (bicyclic) bond motifs is 2. The maximum absolute atomic E-state index is 11.2. The fourth-order valence-corrected chi connectivity index (χ4v) is 7.34. The lowest BCUT2D eigenvalue weighted by molar-refractivity contribution is -0.0120. The van der Waals surface area contributed by atoms with Crippen molar-refractivity contribution in [3.8, 4) is 0 Å². The molecule has 7 rings (SSSR count). The molecule has 0 saturated heterocycles. The second-order valence-electron chi connectivity index (χ2n) is 14.4. The van der Waals surface area contributed by atoms with Crippen LogP contribution in [0.1, 0.15) is 76.7 Å². The number of nitrogens with zero attached hydrogens (tertiary/aromatic N) is 5. The number of hydrogen-bond acceptors (Lipinski definition) is 7. The number of nitrogens with one attached hydrogen (secondary N) is 1. The van der Waals surface area contributed by atoms with Crippen LogP contribution in [0.3, 0.4) is 0 Å². The predicted octanol–water partition coefficient (Wildman–Crippen LogP) is 4.59. The number of anilines is 1. The molecule has 3 fully saturated rings. The number of aliphatic hydroxyl groups is 2. The van der Waals surface area contributed by atoms with Gasteiger partial charge in [-0.3, -0.25) is 4.90 Å². The van der Waals surface area contributed by atoms with E-state index < -0.39 is 12.2 Å². The SMILES string of the molecule is CC(C)(C)c1ccc2[nH]c(CCC3CC(N(CC4CC4)CC4CC(n5ccc6c(N)ncnc65)C(O)C4O)C3)nc2c1. The molecule has 0 bridgehead atoms. The number of benzene rings is 1. The molecule has 0 amide bonds. The average molecular weight is 572 g/mol. The predicted molar refractivity (Wildman–Crippen MR) is 165 cm³/mol. The van der Waals surface area contributed by atoms with Crippen LogP contribution < -0.4 is 5.73 Å². The van der Waals surface area contributed by atoms with E-state index in [0.717, 1.165) is 66.2 Å². The summed E-state index contributed by atoms with van der Waals surface area (Å²) >= 11 is 0. The van der Waals surface area contributed by atoms with Gasteiger partial charge in [-0.1, -0.05) is 26.8 Å². The van der Waals surface area contributed by atoms with E-state index in [1.807, 2.05) is 16.8 Å². The first-order valence-electron chi connectivity index (χ1n) is 15.8. The van der Waals surface area contributed by atoms with Gasteiger partial charge in [0.2, 0.25) is 0 Å². The van der Waals surface area contributed by atoms with Crippen molar-refractivity contribution in [2.75, 3.05) is 18.8 Å². The molecular formula is C33H45N7O2. The van der Waals surface area contributed by atoms with Gasteiger partial charge in [-0.05, 0) is 79.5 Å². The van der Waals surface area contributed by atoms with E-state index in [9.17, 15) is 10.2 Å². The summed E-state index contributed by atoms with van der Waals surface area (Å²) in [6.45, 7) is 8.66. The van der Waals surface area contributed by atoms with Gasteiger partial charge in [0.05, 0.1) is 28.6 Å². The van der Waals surface area contributed by atoms with Crippen LogP contribution in [0.4, 0.5) is 5.82 Å². The highest BCUT2D eigenvalue weighted by molar-refractivity contribution is 5.86. The number of rotatable bonds is 9. The largest absolute Gasteiger partial charge is 0.390 e. The van der Waals surface area contributed by atoms with Gasteiger partial charge in [-0.25, -0.2) is 15.0 Å². The minimum atomic E-state index is -0.831. The van der Waals surface area contributed by atoms with Crippen LogP contribution in [0.15, 0.2) is 36.8 Å². The van der Waals surface area contributed by atoms with Gasteiger partial charge in [0.15, 0.2) is 0 Å². The number of aromatic amines is 1. The number of aryl methyl sites for hydroxylation is 1. The molecule has 4 aromatic rings. The van der Waals surface area contributed by atoms with E-state index in [1.165, 1.54) is 37.6 Å². The number of nitrogens with two attached hydrogens (primary N) is 1. The molecule has 3 aliphatic rings. The maximum atomic E-state index is 11.2. The Bertz CT molecular complexity index is 1560. The minimum absolute atomic E-state index is 0.0213. The molecule has 9 nitrogen and oxygen atoms in total. The number of imidazole rings is 1. The zero-order valence-corrected chi connectivity index (χ0v) is 25.1. The maximum Gasteiger partial charge on any atom is 0.145 e. The molecule has 9 heteroatoms. The zero-order valence-electron chi connectivity index (χ0n) is 25.1. The fourth-order valence-electron chi connectivity index (χ4n) is 7.34. The summed E-state index contributed by atoms with van der Waals surface area (Å²) in [6.07, 6.45) is 9.67. The third kappa shape index (κ3) is 5.31. The Balaban J connectivity index is 0.971. The third-order valence-electron chi connectivity index (χ3n) is 10.2. The fraction of sp³-hybridized carbons (Fsp3) is 0.606. The Morgan fingerprint density at radius 3 is 2.60 bits per heavy atom. The van der Waals surface area contributed by atoms with Crippen molar-refractivity contribution in [1.29, 1.82) is 0 Å². The number of aliphatic hydroxyl groups excluding tert-OH is 2. The molecule has 42 heavy (non-hydrogen) atoms. The molecule has 0 aliphatic heterocycles. The van der Waals surface area contributed by atoms with Gasteiger partial charge < -0.3 is 25.5 Å². The molecule has 4 unspecified atom stereocenters. The van der Waals surface area contributed by atoms with Crippen LogP contribution in [0.2, 0.25) is 0 Å². The quantitative estimate of drug-likeness (QED) is 0.231. The van der Waals surface area contributed by atoms with E-state index in [1.54, 1.807) is 0 Å². The molecule has 4 atom stereocenters. The first kappa shape index (κ1) is 27.8. The van der Waals surface area contributed by atoms with Gasteiger partial charge in [0, 0.05) is 37.7 Å². The third-order valence-corrected chi connectivity index (χ3v) is 10.2. The number of nitrogen functional groups attached to an aromatic ring is 1. The standard InChI is InChI=1S/C33H45N7O2/c1-33(2,3)22-7-8-25-26(15-22)38-28(37-25)9-6-20-12-23(13-20)39(16-19-4-5-19)17-21-14-27(30(42)29(21)41)40-11-10-24-31(34)35-18-36-32(24)40/h7-8,10-11,15,18-21,23,27,29-30,41-42H,4-6,9,12-14,16-17H2,1-3H3,(H,37,38)(H2,34,35,36). The highest BCUT2D eigenvalue weighted by Crippen LogP contribution is 2.42. The Kier molecular flexibility index (Phi) is 7.02. The van der Waals surface area contributed by atoms with Crippen LogP contribution in [0, 0.1) is 17.8 Å². The molecule has 224 valence electrons. The number of aromatic nitrogens is 5. The van der Waals surface area contributed by atoms with E-state index in [2.05, 4.69) is 58.8 Å². The lowest BCUT2D eigenvalue weighted by Crippen LogP contribution is -2.48. The molecular weight excluding hydrogens is 526 g/mol. The van der Waals surface area contributed by atoms with Gasteiger partial charge in [-0.2, -0.15) is 0 Å². The van der Waals surface area contributed by atoms with Crippen molar-refractivity contribution in [1.82, 2.24) is 29.4 Å². The van der Waals surface area contributed by atoms with E-state index in [0.29, 0.717) is 17.8 Å². The van der Waals surface area contributed by atoms with Gasteiger partial charge >= 0.3 is 0 Å². The Labute approximate surface area is 247 Å². The molecule has 3 aliphatic carbocycles. The summed E-state index contributed by atoms with van der Waals surface area (Å²) in [5.74, 6) is 3.04. The summed E-state index contributed by atoms with van der Waals surface area (Å²) in [5.41, 5.74) is 10.4. The van der Waals surface area contributed by atoms with Crippen molar-refractivity contribution in [3.05, 3.63) is 48.2 Å². The highest BCUT2D eigenvalue weighted by Gasteiger charge is 2.45. The lowest BCUT2D eigenvalue weighted by Gasteiger charge is -2.44. The minimum Gasteiger partial charge on any atom is -0.390 e. The van der Waals surface area contributed by atoms with Crippen molar-refractivity contribution >= 4 is 27.9 Å². The monoisotopic (exact) mass is 571 g/mol. The van der Waals surface area contributed by atoms with Crippen LogP contribution in [0.5, 0.6) is 0 Å². The van der Waals surface area contributed by atoms with Crippen molar-refractivity contribution < 1.29 is 10.2 Å². The van der Waals surface area contributed by atoms with Gasteiger partial charge in [0.1, 0.15) is 29.7 Å². The zero-order chi connectivity index (χ0) is 29.2. The topological polar surface area (TPSA) is 129 Å². The van der Waals surface area contributed by atoms with Gasteiger partial charge in [0.25, 0.3) is 0 Å². The van der Waals surface area contributed by atoms with Crippen LogP contribution >= 0.6 is 0 Å². The second-order valence-corrected chi connectivity index (χ2v) is 14.4. The molecule has 0 radical (unpaired) electrons. The number of hydrogen-bond donors (Lipinski definition) is 4. The summed E-state index contributed by atoms with van der Waals surface area (Å²) in [6, 6.07) is 8.84.